The maximum absolute atomic E-state index is 5.87. The molecule has 0 saturated heterocycles. The number of rotatable bonds is 5. The molecule has 1 aromatic rings. The van der Waals surface area contributed by atoms with E-state index in [2.05, 4.69) is 46.8 Å². The highest BCUT2D eigenvalue weighted by atomic mass is 15.6. The average Bonchev–Trinajstić information content (AvgIpc) is 2.81. The molecular weight excluding hydrogens is 254 g/mol. The van der Waals surface area contributed by atoms with Gasteiger partial charge in [-0.3, -0.25) is 11.3 Å². The van der Waals surface area contributed by atoms with Crippen LogP contribution in [0, 0.1) is 5.92 Å². The molecule has 20 heavy (non-hydrogen) atoms. The molecule has 1 saturated carbocycles. The molecule has 3 atom stereocenters. The van der Waals surface area contributed by atoms with Crippen LogP contribution in [0.3, 0.4) is 0 Å². The molecular formula is C13H27N7. The molecule has 0 bridgehead atoms. The fraction of sp³-hybridized carbons (Fsp3) is 0.923. The third-order valence-electron chi connectivity index (χ3n) is 4.69. The molecule has 7 nitrogen and oxygen atoms in total. The van der Waals surface area contributed by atoms with Gasteiger partial charge in [-0.1, -0.05) is 19.8 Å². The minimum atomic E-state index is 0.0611. The number of hydrazine groups is 1. The Labute approximate surface area is 120 Å². The lowest BCUT2D eigenvalue weighted by molar-refractivity contribution is 0.0366. The first-order valence-electron chi connectivity index (χ1n) is 7.34. The summed E-state index contributed by atoms with van der Waals surface area (Å²) >= 11 is 0. The number of nitrogens with two attached hydrogens (primary N) is 1. The SMILES string of the molecule is CC1CCCC(C(Cc2nnn(C)n2)NN)(N(C)C)C1. The Kier molecular flexibility index (Phi) is 4.72. The van der Waals surface area contributed by atoms with Gasteiger partial charge in [0.15, 0.2) is 5.82 Å². The van der Waals surface area contributed by atoms with Crippen molar-refractivity contribution in [3.63, 3.8) is 0 Å². The molecule has 0 aromatic carbocycles. The number of tetrazole rings is 1. The number of hydrogen-bond donors (Lipinski definition) is 2. The Morgan fingerprint density at radius 3 is 2.80 bits per heavy atom. The molecule has 0 spiro atoms. The molecule has 1 aromatic heterocycles. The van der Waals surface area contributed by atoms with Crippen molar-refractivity contribution >= 4 is 0 Å². The van der Waals surface area contributed by atoms with E-state index >= 15 is 0 Å². The topological polar surface area (TPSA) is 84.9 Å². The molecule has 0 radical (unpaired) electrons. The molecule has 3 unspecified atom stereocenters. The van der Waals surface area contributed by atoms with E-state index in [-0.39, 0.29) is 11.6 Å². The van der Waals surface area contributed by atoms with Gasteiger partial charge in [0.05, 0.1) is 7.05 Å². The molecule has 2 rings (SSSR count). The van der Waals surface area contributed by atoms with Crippen molar-refractivity contribution in [2.24, 2.45) is 18.8 Å². The van der Waals surface area contributed by atoms with Gasteiger partial charge in [0.2, 0.25) is 0 Å². The van der Waals surface area contributed by atoms with Gasteiger partial charge in [-0.05, 0) is 38.1 Å². The van der Waals surface area contributed by atoms with Gasteiger partial charge < -0.3 is 4.90 Å². The Morgan fingerprint density at radius 1 is 1.55 bits per heavy atom. The fourth-order valence-electron chi connectivity index (χ4n) is 3.59. The van der Waals surface area contributed by atoms with E-state index in [1.165, 1.54) is 17.6 Å². The highest BCUT2D eigenvalue weighted by Gasteiger charge is 2.43. The zero-order chi connectivity index (χ0) is 14.8. The summed E-state index contributed by atoms with van der Waals surface area (Å²) in [6.45, 7) is 2.32. The summed E-state index contributed by atoms with van der Waals surface area (Å²) in [5, 5.41) is 12.3. The average molecular weight is 281 g/mol. The number of hydrogen-bond acceptors (Lipinski definition) is 6. The first kappa shape index (κ1) is 15.3. The summed E-state index contributed by atoms with van der Waals surface area (Å²) in [6, 6.07) is 0.129. The number of nitrogens with zero attached hydrogens (tertiary/aromatic N) is 5. The van der Waals surface area contributed by atoms with Crippen LogP contribution in [-0.2, 0) is 13.5 Å². The monoisotopic (exact) mass is 281 g/mol. The van der Waals surface area contributed by atoms with Gasteiger partial charge in [0, 0.05) is 18.0 Å². The largest absolute Gasteiger partial charge is 0.302 e. The van der Waals surface area contributed by atoms with E-state index in [0.717, 1.165) is 24.6 Å². The second-order valence-electron chi connectivity index (χ2n) is 6.32. The van der Waals surface area contributed by atoms with E-state index in [1.807, 2.05) is 0 Å². The van der Waals surface area contributed by atoms with Crippen molar-refractivity contribution in [2.75, 3.05) is 14.1 Å². The lowest BCUT2D eigenvalue weighted by atomic mass is 9.70. The van der Waals surface area contributed by atoms with Gasteiger partial charge in [0.1, 0.15) is 0 Å². The van der Waals surface area contributed by atoms with Crippen LogP contribution in [0.2, 0.25) is 0 Å². The first-order valence-corrected chi connectivity index (χ1v) is 7.34. The third-order valence-corrected chi connectivity index (χ3v) is 4.69. The normalized spacial score (nSPS) is 28.8. The van der Waals surface area contributed by atoms with Crippen LogP contribution in [0.1, 0.15) is 38.4 Å². The molecule has 1 aliphatic rings. The maximum atomic E-state index is 5.87. The molecule has 0 aliphatic heterocycles. The van der Waals surface area contributed by atoms with Gasteiger partial charge in [0.25, 0.3) is 0 Å². The van der Waals surface area contributed by atoms with Crippen LogP contribution in [0.4, 0.5) is 0 Å². The molecule has 1 aliphatic carbocycles. The summed E-state index contributed by atoms with van der Waals surface area (Å²) in [6.07, 6.45) is 5.55. The first-order chi connectivity index (χ1) is 9.48. The van der Waals surface area contributed by atoms with Crippen LogP contribution >= 0.6 is 0 Å². The zero-order valence-electron chi connectivity index (χ0n) is 13.0. The summed E-state index contributed by atoms with van der Waals surface area (Å²) < 4.78 is 0. The minimum absolute atomic E-state index is 0.0611. The third kappa shape index (κ3) is 2.99. The maximum Gasteiger partial charge on any atom is 0.176 e. The molecule has 7 heteroatoms. The van der Waals surface area contributed by atoms with Crippen molar-refractivity contribution in [1.29, 1.82) is 0 Å². The van der Waals surface area contributed by atoms with Crippen molar-refractivity contribution in [3.8, 4) is 0 Å². The lowest BCUT2D eigenvalue weighted by Gasteiger charge is -2.49. The lowest BCUT2D eigenvalue weighted by Crippen LogP contribution is -2.63. The van der Waals surface area contributed by atoms with E-state index < -0.39 is 0 Å². The second kappa shape index (κ2) is 6.15. The number of aromatic nitrogens is 4. The summed E-state index contributed by atoms with van der Waals surface area (Å²) in [5.74, 6) is 7.33. The summed E-state index contributed by atoms with van der Waals surface area (Å²) in [4.78, 5) is 3.82. The van der Waals surface area contributed by atoms with Crippen LogP contribution in [-0.4, -0.2) is 50.8 Å². The van der Waals surface area contributed by atoms with Crippen molar-refractivity contribution in [2.45, 2.75) is 50.6 Å². The van der Waals surface area contributed by atoms with Crippen LogP contribution in [0.25, 0.3) is 0 Å². The predicted octanol–water partition coefficient (Wildman–Crippen LogP) is 0.0950. The Hall–Kier alpha value is -1.05. The Bertz CT molecular complexity index is 430. The number of nitrogens with one attached hydrogen (secondary N) is 1. The quantitative estimate of drug-likeness (QED) is 0.588. The fourth-order valence-corrected chi connectivity index (χ4v) is 3.59. The van der Waals surface area contributed by atoms with Gasteiger partial charge in [-0.2, -0.15) is 4.80 Å². The standard InChI is InChI=1S/C13H27N7/c1-10-6-5-7-13(9-10,19(2)3)11(15-14)8-12-16-18-20(4)17-12/h10-11,15H,5-9,14H2,1-4H3. The van der Waals surface area contributed by atoms with Crippen molar-refractivity contribution < 1.29 is 0 Å². The minimum Gasteiger partial charge on any atom is -0.302 e. The van der Waals surface area contributed by atoms with E-state index in [4.69, 9.17) is 5.84 Å². The van der Waals surface area contributed by atoms with Gasteiger partial charge in [-0.25, -0.2) is 0 Å². The number of likely N-dealkylation sites (N-methyl/N-ethyl adjacent to an activating group) is 1. The van der Waals surface area contributed by atoms with Crippen LogP contribution < -0.4 is 11.3 Å². The summed E-state index contributed by atoms with van der Waals surface area (Å²) in [5.41, 5.74) is 3.07. The number of aryl methyl sites for hydroxylation is 1. The molecule has 1 fully saturated rings. The van der Waals surface area contributed by atoms with Crippen LogP contribution in [0.5, 0.6) is 0 Å². The summed E-state index contributed by atoms with van der Waals surface area (Å²) in [7, 11) is 6.07. The van der Waals surface area contributed by atoms with Crippen LogP contribution in [0.15, 0.2) is 0 Å². The molecule has 1 heterocycles. The second-order valence-corrected chi connectivity index (χ2v) is 6.32. The van der Waals surface area contributed by atoms with Gasteiger partial charge in [-0.15, -0.1) is 10.2 Å². The van der Waals surface area contributed by atoms with E-state index in [9.17, 15) is 0 Å². The molecule has 0 amide bonds. The molecule has 3 N–H and O–H groups in total. The highest BCUT2D eigenvalue weighted by Crippen LogP contribution is 2.38. The van der Waals surface area contributed by atoms with E-state index in [1.54, 1.807) is 7.05 Å². The molecule has 114 valence electrons. The predicted molar refractivity (Wildman–Crippen MR) is 77.7 cm³/mol. The van der Waals surface area contributed by atoms with Crippen molar-refractivity contribution in [1.82, 2.24) is 30.5 Å². The zero-order valence-corrected chi connectivity index (χ0v) is 13.0. The highest BCUT2D eigenvalue weighted by molar-refractivity contribution is 5.04. The Morgan fingerprint density at radius 2 is 2.30 bits per heavy atom. The Balaban J connectivity index is 2.20. The smallest absolute Gasteiger partial charge is 0.176 e. The van der Waals surface area contributed by atoms with Crippen molar-refractivity contribution in [3.05, 3.63) is 5.82 Å². The van der Waals surface area contributed by atoms with E-state index in [0.29, 0.717) is 6.42 Å². The van der Waals surface area contributed by atoms with Gasteiger partial charge >= 0.3 is 0 Å².